The normalized spacial score (nSPS) is 12.4. The van der Waals surface area contributed by atoms with Crippen molar-refractivity contribution in [3.8, 4) is 0 Å². The average Bonchev–Trinajstić information content (AvgIpc) is 2.38. The van der Waals surface area contributed by atoms with Gasteiger partial charge >= 0.3 is 0 Å². The highest BCUT2D eigenvalue weighted by Gasteiger charge is 2.13. The minimum absolute atomic E-state index is 0.0686. The third kappa shape index (κ3) is 3.20. The SMILES string of the molecule is CC(C)n1c(N[C@H](C)c2ccccc2)cc(=O)nc1Cl. The summed E-state index contributed by atoms with van der Waals surface area (Å²) in [6.45, 7) is 6.03. The lowest BCUT2D eigenvalue weighted by Crippen LogP contribution is -2.20. The maximum absolute atomic E-state index is 11.6. The summed E-state index contributed by atoms with van der Waals surface area (Å²) >= 11 is 6.07. The summed E-state index contributed by atoms with van der Waals surface area (Å²) < 4.78 is 1.81. The van der Waals surface area contributed by atoms with Crippen LogP contribution in [0.25, 0.3) is 0 Å². The van der Waals surface area contributed by atoms with E-state index >= 15 is 0 Å². The van der Waals surface area contributed by atoms with Crippen molar-refractivity contribution in [2.75, 3.05) is 5.32 Å². The van der Waals surface area contributed by atoms with Crippen molar-refractivity contribution in [1.82, 2.24) is 9.55 Å². The number of halogens is 1. The standard InChI is InChI=1S/C15H18ClN3O/c1-10(2)19-13(9-14(20)18-15(19)16)17-11(3)12-7-5-4-6-8-12/h4-11,17H,1-3H3/t11-/m1/s1. The quantitative estimate of drug-likeness (QED) is 0.875. The number of nitrogens with zero attached hydrogens (tertiary/aromatic N) is 2. The van der Waals surface area contributed by atoms with E-state index in [0.717, 1.165) is 5.56 Å². The van der Waals surface area contributed by atoms with Crippen LogP contribution < -0.4 is 10.9 Å². The van der Waals surface area contributed by atoms with Crippen molar-refractivity contribution >= 4 is 17.4 Å². The summed E-state index contributed by atoms with van der Waals surface area (Å²) in [6, 6.07) is 11.7. The Morgan fingerprint density at radius 2 is 1.85 bits per heavy atom. The number of aromatic nitrogens is 2. The van der Waals surface area contributed by atoms with E-state index in [1.165, 1.54) is 6.07 Å². The molecule has 1 heterocycles. The van der Waals surface area contributed by atoms with Crippen LogP contribution in [0.1, 0.15) is 38.4 Å². The molecular weight excluding hydrogens is 274 g/mol. The van der Waals surface area contributed by atoms with Crippen LogP contribution >= 0.6 is 11.6 Å². The maximum atomic E-state index is 11.6. The van der Waals surface area contributed by atoms with Gasteiger partial charge in [0.05, 0.1) is 0 Å². The second kappa shape index (κ2) is 6.09. The van der Waals surface area contributed by atoms with Crippen LogP contribution in [0, 0.1) is 0 Å². The maximum Gasteiger partial charge on any atom is 0.276 e. The van der Waals surface area contributed by atoms with Crippen LogP contribution in [0.2, 0.25) is 5.28 Å². The Morgan fingerprint density at radius 1 is 1.20 bits per heavy atom. The van der Waals surface area contributed by atoms with E-state index in [0.29, 0.717) is 5.82 Å². The molecule has 2 rings (SSSR count). The fourth-order valence-corrected chi connectivity index (χ4v) is 2.48. The van der Waals surface area contributed by atoms with Crippen molar-refractivity contribution in [3.63, 3.8) is 0 Å². The zero-order valence-electron chi connectivity index (χ0n) is 11.8. The molecule has 0 aliphatic heterocycles. The third-order valence-electron chi connectivity index (χ3n) is 3.10. The van der Waals surface area contributed by atoms with Gasteiger partial charge < -0.3 is 9.88 Å². The molecule has 0 amide bonds. The minimum atomic E-state index is -0.338. The van der Waals surface area contributed by atoms with Gasteiger partial charge in [-0.15, -0.1) is 0 Å². The van der Waals surface area contributed by atoms with E-state index in [-0.39, 0.29) is 22.9 Å². The molecule has 0 aliphatic carbocycles. The highest BCUT2D eigenvalue weighted by atomic mass is 35.5. The molecular formula is C15H18ClN3O. The summed E-state index contributed by atoms with van der Waals surface area (Å²) in [6.07, 6.45) is 0. The largest absolute Gasteiger partial charge is 0.365 e. The molecule has 1 atom stereocenters. The van der Waals surface area contributed by atoms with Gasteiger partial charge in [0.25, 0.3) is 5.56 Å². The Morgan fingerprint density at radius 3 is 2.45 bits per heavy atom. The molecule has 0 bridgehead atoms. The smallest absolute Gasteiger partial charge is 0.276 e. The Hall–Kier alpha value is -1.81. The van der Waals surface area contributed by atoms with Crippen molar-refractivity contribution in [3.05, 3.63) is 57.6 Å². The van der Waals surface area contributed by atoms with E-state index in [1.54, 1.807) is 0 Å². The lowest BCUT2D eigenvalue weighted by molar-refractivity contribution is 0.586. The van der Waals surface area contributed by atoms with Crippen molar-refractivity contribution in [1.29, 1.82) is 0 Å². The number of nitrogens with one attached hydrogen (secondary N) is 1. The summed E-state index contributed by atoms with van der Waals surface area (Å²) in [7, 11) is 0. The average molecular weight is 292 g/mol. The molecule has 1 aromatic heterocycles. The van der Waals surface area contributed by atoms with Crippen LogP contribution in [0.3, 0.4) is 0 Å². The summed E-state index contributed by atoms with van der Waals surface area (Å²) in [4.78, 5) is 15.3. The third-order valence-corrected chi connectivity index (χ3v) is 3.37. The first-order valence-electron chi connectivity index (χ1n) is 6.59. The van der Waals surface area contributed by atoms with Crippen molar-refractivity contribution in [2.45, 2.75) is 32.9 Å². The molecule has 0 unspecified atom stereocenters. The Balaban J connectivity index is 2.36. The molecule has 1 N–H and O–H groups in total. The van der Waals surface area contributed by atoms with Crippen LogP contribution in [0.4, 0.5) is 5.82 Å². The zero-order chi connectivity index (χ0) is 14.7. The van der Waals surface area contributed by atoms with Gasteiger partial charge in [0.1, 0.15) is 5.82 Å². The predicted octanol–water partition coefficient (Wildman–Crippen LogP) is 3.65. The number of hydrogen-bond acceptors (Lipinski definition) is 3. The van der Waals surface area contributed by atoms with Gasteiger partial charge in [-0.1, -0.05) is 30.3 Å². The van der Waals surface area contributed by atoms with Crippen molar-refractivity contribution in [2.24, 2.45) is 0 Å². The number of anilines is 1. The molecule has 2 aromatic rings. The van der Waals surface area contributed by atoms with Gasteiger partial charge in [-0.3, -0.25) is 4.79 Å². The lowest BCUT2D eigenvalue weighted by atomic mass is 10.1. The van der Waals surface area contributed by atoms with Crippen LogP contribution in [0.15, 0.2) is 41.2 Å². The zero-order valence-corrected chi connectivity index (χ0v) is 12.6. The lowest BCUT2D eigenvalue weighted by Gasteiger charge is -2.22. The Bertz CT molecular complexity index is 637. The Kier molecular flexibility index (Phi) is 4.45. The van der Waals surface area contributed by atoms with Gasteiger partial charge in [0, 0.05) is 18.2 Å². The molecule has 0 saturated carbocycles. The first-order valence-corrected chi connectivity index (χ1v) is 6.97. The molecule has 0 spiro atoms. The first kappa shape index (κ1) is 14.6. The Labute approximate surface area is 123 Å². The highest BCUT2D eigenvalue weighted by Crippen LogP contribution is 2.23. The molecule has 0 radical (unpaired) electrons. The molecule has 0 saturated heterocycles. The fraction of sp³-hybridized carbons (Fsp3) is 0.333. The molecule has 5 heteroatoms. The van der Waals surface area contributed by atoms with E-state index in [2.05, 4.69) is 10.3 Å². The molecule has 20 heavy (non-hydrogen) atoms. The van der Waals surface area contributed by atoms with Gasteiger partial charge in [0.15, 0.2) is 0 Å². The van der Waals surface area contributed by atoms with Crippen molar-refractivity contribution < 1.29 is 0 Å². The minimum Gasteiger partial charge on any atom is -0.365 e. The monoisotopic (exact) mass is 291 g/mol. The summed E-state index contributed by atoms with van der Waals surface area (Å²) in [5.74, 6) is 0.682. The molecule has 0 aliphatic rings. The molecule has 1 aromatic carbocycles. The number of rotatable bonds is 4. The van der Waals surface area contributed by atoms with Gasteiger partial charge in [-0.25, -0.2) is 0 Å². The molecule has 4 nitrogen and oxygen atoms in total. The molecule has 0 fully saturated rings. The summed E-state index contributed by atoms with van der Waals surface area (Å²) in [5.41, 5.74) is 0.804. The van der Waals surface area contributed by atoms with E-state index < -0.39 is 0 Å². The first-order chi connectivity index (χ1) is 9.49. The second-order valence-electron chi connectivity index (χ2n) is 4.99. The second-order valence-corrected chi connectivity index (χ2v) is 5.33. The topological polar surface area (TPSA) is 46.9 Å². The van der Waals surface area contributed by atoms with Gasteiger partial charge in [0.2, 0.25) is 5.28 Å². The van der Waals surface area contributed by atoms with Crippen LogP contribution in [0.5, 0.6) is 0 Å². The number of hydrogen-bond donors (Lipinski definition) is 1. The predicted molar refractivity (Wildman–Crippen MR) is 82.4 cm³/mol. The van der Waals surface area contributed by atoms with Crippen LogP contribution in [-0.4, -0.2) is 9.55 Å². The van der Waals surface area contributed by atoms with Crippen LogP contribution in [-0.2, 0) is 0 Å². The highest BCUT2D eigenvalue weighted by molar-refractivity contribution is 6.28. The van der Waals surface area contributed by atoms with E-state index in [1.807, 2.05) is 55.7 Å². The summed E-state index contributed by atoms with van der Waals surface area (Å²) in [5, 5.41) is 3.53. The van der Waals surface area contributed by atoms with E-state index in [4.69, 9.17) is 11.6 Å². The van der Waals surface area contributed by atoms with Gasteiger partial charge in [-0.2, -0.15) is 4.98 Å². The fourth-order valence-electron chi connectivity index (χ4n) is 2.11. The molecule has 106 valence electrons. The van der Waals surface area contributed by atoms with E-state index in [9.17, 15) is 4.79 Å². The van der Waals surface area contributed by atoms with Gasteiger partial charge in [-0.05, 0) is 37.9 Å². The number of benzene rings is 1.